The minimum absolute atomic E-state index is 0.0309. The second kappa shape index (κ2) is 11.0. The number of halogens is 2. The molecule has 1 saturated carbocycles. The van der Waals surface area contributed by atoms with Gasteiger partial charge in [0.15, 0.2) is 0 Å². The largest absolute Gasteiger partial charge is 0.356 e. The van der Waals surface area contributed by atoms with Crippen molar-refractivity contribution in [3.63, 3.8) is 0 Å². The maximum atomic E-state index is 13.7. The van der Waals surface area contributed by atoms with Crippen molar-refractivity contribution in [3.8, 4) is 6.07 Å². The minimum Gasteiger partial charge on any atom is -0.356 e. The molecule has 0 spiro atoms. The van der Waals surface area contributed by atoms with Crippen LogP contribution < -0.4 is 16.0 Å². The fourth-order valence-electron chi connectivity index (χ4n) is 7.31. The Labute approximate surface area is 244 Å². The number of rotatable bonds is 3. The number of nitrogens with one attached hydrogen (secondary N) is 3. The van der Waals surface area contributed by atoms with Gasteiger partial charge in [0, 0.05) is 30.6 Å². The van der Waals surface area contributed by atoms with Gasteiger partial charge in [0.2, 0.25) is 11.8 Å². The molecule has 0 bridgehead atoms. The molecule has 3 saturated heterocycles. The molecule has 4 fully saturated rings. The monoisotopic (exact) mass is 587 g/mol. The number of nitrogens with zero attached hydrogens (tertiary/aromatic N) is 2. The highest BCUT2D eigenvalue weighted by atomic mass is 35.5. The maximum absolute atomic E-state index is 13.7. The summed E-state index contributed by atoms with van der Waals surface area (Å²) in [5, 5.41) is 19.2. The third-order valence-electron chi connectivity index (χ3n) is 9.67. The molecule has 3 aliphatic heterocycles. The number of carbonyl (C=O) groups is 4. The van der Waals surface area contributed by atoms with Gasteiger partial charge in [0.1, 0.15) is 17.9 Å². The van der Waals surface area contributed by atoms with Crippen LogP contribution >= 0.6 is 23.2 Å². The van der Waals surface area contributed by atoms with Crippen molar-refractivity contribution in [2.24, 2.45) is 29.1 Å². The molecular weight excluding hydrogens is 553 g/mol. The first-order chi connectivity index (χ1) is 19.0. The van der Waals surface area contributed by atoms with E-state index in [0.29, 0.717) is 31.0 Å². The summed E-state index contributed by atoms with van der Waals surface area (Å²) in [7, 11) is 0. The Morgan fingerprint density at radius 1 is 1.23 bits per heavy atom. The number of piperidine rings is 1. The fourth-order valence-corrected chi connectivity index (χ4v) is 7.68. The summed E-state index contributed by atoms with van der Waals surface area (Å²) in [5.74, 6) is -0.897. The van der Waals surface area contributed by atoms with Crippen LogP contribution in [-0.4, -0.2) is 66.2 Å². The number of aldehydes is 1. The second-order valence-corrected chi connectivity index (χ2v) is 13.3. The van der Waals surface area contributed by atoms with Crippen LogP contribution in [0.5, 0.6) is 0 Å². The second-order valence-electron chi connectivity index (χ2n) is 12.5. The topological polar surface area (TPSA) is 131 Å². The third-order valence-corrected chi connectivity index (χ3v) is 10.2. The summed E-state index contributed by atoms with van der Waals surface area (Å²) in [6.07, 6.45) is 3.51. The van der Waals surface area contributed by atoms with Crippen molar-refractivity contribution in [1.29, 1.82) is 5.26 Å². The Morgan fingerprint density at radius 2 is 2.00 bits per heavy atom. The van der Waals surface area contributed by atoms with Crippen LogP contribution in [0.25, 0.3) is 0 Å². The number of amides is 3. The Bertz CT molecular complexity index is 1270. The van der Waals surface area contributed by atoms with E-state index in [4.69, 9.17) is 23.2 Å². The van der Waals surface area contributed by atoms with Gasteiger partial charge in [-0.15, -0.1) is 0 Å². The summed E-state index contributed by atoms with van der Waals surface area (Å²) in [6, 6.07) is 5.43. The predicted octanol–water partition coefficient (Wildman–Crippen LogP) is 2.95. The van der Waals surface area contributed by atoms with Crippen LogP contribution in [-0.2, 0) is 14.4 Å². The van der Waals surface area contributed by atoms with Crippen molar-refractivity contribution >= 4 is 47.2 Å². The van der Waals surface area contributed by atoms with Crippen LogP contribution in [0.2, 0.25) is 10.0 Å². The molecular formula is C29H35Cl2N5O4. The molecule has 7 atom stereocenters. The van der Waals surface area contributed by atoms with Crippen LogP contribution in [0, 0.1) is 40.4 Å². The summed E-state index contributed by atoms with van der Waals surface area (Å²) < 4.78 is 0. The predicted molar refractivity (Wildman–Crippen MR) is 149 cm³/mol. The Kier molecular flexibility index (Phi) is 7.90. The van der Waals surface area contributed by atoms with E-state index >= 15 is 0 Å². The quantitative estimate of drug-likeness (QED) is 0.466. The van der Waals surface area contributed by atoms with E-state index in [1.165, 1.54) is 12.1 Å². The van der Waals surface area contributed by atoms with E-state index in [9.17, 15) is 24.4 Å². The van der Waals surface area contributed by atoms with Crippen LogP contribution in [0.15, 0.2) is 18.2 Å². The lowest BCUT2D eigenvalue weighted by Crippen LogP contribution is -2.60. The highest BCUT2D eigenvalue weighted by Crippen LogP contribution is 2.65. The Balaban J connectivity index is 1.47. The first kappa shape index (κ1) is 28.8. The number of carbonyl (C=O) groups excluding carboxylic acids is 4. The normalized spacial score (nSPS) is 35.6. The van der Waals surface area contributed by atoms with Gasteiger partial charge in [0.25, 0.3) is 5.91 Å². The summed E-state index contributed by atoms with van der Waals surface area (Å²) >= 11 is 12.4. The molecule has 1 aliphatic carbocycles. The maximum Gasteiger partial charge on any atom is 0.253 e. The molecule has 3 N–H and O–H groups in total. The highest BCUT2D eigenvalue weighted by molar-refractivity contribution is 6.35. The molecule has 1 aromatic rings. The van der Waals surface area contributed by atoms with Crippen LogP contribution in [0.4, 0.5) is 0 Å². The zero-order valence-corrected chi connectivity index (χ0v) is 24.2. The average molecular weight is 589 g/mol. The van der Waals surface area contributed by atoms with E-state index in [1.54, 1.807) is 6.07 Å². The molecule has 3 heterocycles. The number of nitriles is 1. The van der Waals surface area contributed by atoms with Gasteiger partial charge >= 0.3 is 0 Å². The van der Waals surface area contributed by atoms with Crippen molar-refractivity contribution in [2.45, 2.75) is 63.6 Å². The molecule has 9 nitrogen and oxygen atoms in total. The van der Waals surface area contributed by atoms with Gasteiger partial charge in [-0.3, -0.25) is 19.3 Å². The van der Waals surface area contributed by atoms with E-state index < -0.39 is 23.5 Å². The third kappa shape index (κ3) is 5.34. The van der Waals surface area contributed by atoms with Gasteiger partial charge < -0.3 is 20.7 Å². The fraction of sp³-hybridized carbons (Fsp3) is 0.621. The molecule has 0 radical (unpaired) electrons. The molecule has 0 aromatic heterocycles. The molecule has 214 valence electrons. The van der Waals surface area contributed by atoms with E-state index in [-0.39, 0.29) is 64.5 Å². The number of hydrogen-bond acceptors (Lipinski definition) is 6. The molecule has 1 aromatic carbocycles. The zero-order chi connectivity index (χ0) is 28.8. The Hall–Kier alpha value is -2.67. The summed E-state index contributed by atoms with van der Waals surface area (Å²) in [4.78, 5) is 54.6. The minimum atomic E-state index is -1.27. The molecule has 5 rings (SSSR count). The lowest BCUT2D eigenvalue weighted by molar-refractivity contribution is -0.129. The first-order valence-electron chi connectivity index (χ1n) is 14.0. The lowest BCUT2D eigenvalue weighted by Gasteiger charge is -2.38. The number of fused-ring (bicyclic) bond motifs is 4. The smallest absolute Gasteiger partial charge is 0.253 e. The van der Waals surface area contributed by atoms with Gasteiger partial charge in [-0.2, -0.15) is 5.26 Å². The van der Waals surface area contributed by atoms with Crippen molar-refractivity contribution < 1.29 is 19.2 Å². The summed E-state index contributed by atoms with van der Waals surface area (Å²) in [5.41, 5.74) is -1.15. The van der Waals surface area contributed by atoms with E-state index in [2.05, 4.69) is 35.9 Å². The average Bonchev–Trinajstić information content (AvgIpc) is 3.19. The highest BCUT2D eigenvalue weighted by Gasteiger charge is 2.68. The van der Waals surface area contributed by atoms with Crippen molar-refractivity contribution in [2.75, 3.05) is 19.6 Å². The Morgan fingerprint density at radius 3 is 2.73 bits per heavy atom. The summed E-state index contributed by atoms with van der Waals surface area (Å²) in [6.45, 7) is 5.54. The van der Waals surface area contributed by atoms with E-state index in [1.807, 2.05) is 4.90 Å². The van der Waals surface area contributed by atoms with Gasteiger partial charge in [-0.05, 0) is 60.6 Å². The zero-order valence-electron chi connectivity index (χ0n) is 22.7. The molecule has 0 unspecified atom stereocenters. The van der Waals surface area contributed by atoms with Gasteiger partial charge in [0.05, 0.1) is 22.7 Å². The SMILES string of the molecule is CC1(C)[C@@H]2[C@H]3C(=O)N[C@H](C#N)C[C@@H]4C(=O)NC[C@@H]4CCCC[C@@](C=O)(NC(=O)c4cc(Cl)ccc4Cl)CN3C[C@@H]21. The number of hydrogen-bond donors (Lipinski definition) is 3. The van der Waals surface area contributed by atoms with Crippen LogP contribution in [0.1, 0.15) is 56.3 Å². The standard InChI is InChI=1S/C29H35Cl2N5O4/c1-28(2)21-13-36-14-29(15-37,35-26(39)20-9-17(30)6-7-22(20)31)8-4-3-5-16-12-33-25(38)19(16)10-18(11-32)34-27(40)24(36)23(21)28/h6-7,9,15-16,18-19,21,23-24H,3-5,8,10,12-14H2,1-2H3,(H,33,38)(H,34,40)(H,35,39)/t16-,18-,19-,21-,23-,24-,29+/m0/s1. The van der Waals surface area contributed by atoms with Gasteiger partial charge in [-0.25, -0.2) is 0 Å². The van der Waals surface area contributed by atoms with E-state index in [0.717, 1.165) is 19.1 Å². The van der Waals surface area contributed by atoms with Gasteiger partial charge in [-0.1, -0.05) is 49.9 Å². The number of benzene rings is 1. The van der Waals surface area contributed by atoms with Crippen LogP contribution in [0.3, 0.4) is 0 Å². The molecule has 11 heteroatoms. The van der Waals surface area contributed by atoms with Crippen molar-refractivity contribution in [1.82, 2.24) is 20.9 Å². The lowest BCUT2D eigenvalue weighted by atomic mass is 9.84. The molecule has 4 aliphatic rings. The van der Waals surface area contributed by atoms with Crippen molar-refractivity contribution in [3.05, 3.63) is 33.8 Å². The molecule has 3 amide bonds. The molecule has 40 heavy (non-hydrogen) atoms. The first-order valence-corrected chi connectivity index (χ1v) is 14.7.